The standard InChI is InChI=1S/C22H26BFN7O2/c1-30(9-16-4-2-15(8-25)3-5-16)21-19(24)20(28-14-29-21)27-13-22(12-23)6-7-31(10-17(22)32)11-18(26)33/h2-5,12,14,17,32H,6-7,9-11,13H2,1H3,(H2,26,33)(H,27,28,29)/t17-,22+/m1/s1. The van der Waals surface area contributed by atoms with Gasteiger partial charge in [0.1, 0.15) is 0 Å². The number of carbonyl (C=O) groups is 1. The Balaban J connectivity index is 1.69. The van der Waals surface area contributed by atoms with Crippen LogP contribution in [0.2, 0.25) is 0 Å². The van der Waals surface area contributed by atoms with Gasteiger partial charge in [-0.1, -0.05) is 0 Å². The molecule has 9 nitrogen and oxygen atoms in total. The Morgan fingerprint density at radius 2 is 2.21 bits per heavy atom. The van der Waals surface area contributed by atoms with Crippen molar-refractivity contribution >= 4 is 31.0 Å². The molecule has 11 heteroatoms. The van der Waals surface area contributed by atoms with Crippen LogP contribution in [0.25, 0.3) is 0 Å². The summed E-state index contributed by atoms with van der Waals surface area (Å²) >= 11 is 0. The van der Waals surface area contributed by atoms with E-state index in [1.165, 1.54) is 12.3 Å². The van der Waals surface area contributed by atoms with Gasteiger partial charge in [0.2, 0.25) is 0 Å². The Morgan fingerprint density at radius 1 is 1.48 bits per heavy atom. The van der Waals surface area contributed by atoms with E-state index in [2.05, 4.69) is 21.4 Å². The Bertz CT molecular complexity index is 1050. The number of aromatic nitrogens is 2. The fourth-order valence-electron chi connectivity index (χ4n) is 3.91. The molecular formula is C22H26BFN7O2. The summed E-state index contributed by atoms with van der Waals surface area (Å²) in [5, 5.41) is 22.6. The van der Waals surface area contributed by atoms with Gasteiger partial charge >= 0.3 is 176 Å². The number of nitriles is 1. The first-order valence-corrected chi connectivity index (χ1v) is 10.5. The third-order valence-electron chi connectivity index (χ3n) is 5.92. The third kappa shape index (κ3) is 5.72. The molecule has 1 fully saturated rings. The number of halogens is 1. The van der Waals surface area contributed by atoms with Crippen molar-refractivity contribution in [3.63, 3.8) is 0 Å². The zero-order valence-electron chi connectivity index (χ0n) is 18.4. The van der Waals surface area contributed by atoms with Crippen molar-refractivity contribution < 1.29 is 14.3 Å². The maximum atomic E-state index is 15.2. The molecule has 3 rings (SSSR count). The van der Waals surface area contributed by atoms with Crippen molar-refractivity contribution in [3.05, 3.63) is 47.5 Å². The van der Waals surface area contributed by atoms with Crippen LogP contribution in [0.15, 0.2) is 30.6 Å². The average Bonchev–Trinajstić information content (AvgIpc) is 2.80. The van der Waals surface area contributed by atoms with Gasteiger partial charge in [-0.3, -0.25) is 0 Å². The quantitative estimate of drug-likeness (QED) is 0.457. The predicted molar refractivity (Wildman–Crippen MR) is 124 cm³/mol. The molecule has 0 bridgehead atoms. The van der Waals surface area contributed by atoms with E-state index in [1.807, 2.05) is 0 Å². The number of carbonyl (C=O) groups excluding carboxylic acids is 1. The summed E-state index contributed by atoms with van der Waals surface area (Å²) in [5.41, 5.74) is 5.87. The van der Waals surface area contributed by atoms with E-state index in [0.29, 0.717) is 25.1 Å². The van der Waals surface area contributed by atoms with Crippen molar-refractivity contribution in [2.75, 3.05) is 43.4 Å². The summed E-state index contributed by atoms with van der Waals surface area (Å²) in [4.78, 5) is 22.7. The van der Waals surface area contributed by atoms with Crippen molar-refractivity contribution in [2.24, 2.45) is 11.1 Å². The molecule has 0 aliphatic carbocycles. The van der Waals surface area contributed by atoms with Crippen LogP contribution in [0.4, 0.5) is 16.0 Å². The fourth-order valence-corrected chi connectivity index (χ4v) is 3.91. The number of rotatable bonds is 9. The molecule has 171 valence electrons. The zero-order chi connectivity index (χ0) is 24.0. The van der Waals surface area contributed by atoms with E-state index in [9.17, 15) is 9.90 Å². The van der Waals surface area contributed by atoms with E-state index in [1.54, 1.807) is 41.1 Å². The number of nitrogens with two attached hydrogens (primary N) is 1. The minimum absolute atomic E-state index is 0.000306. The van der Waals surface area contributed by atoms with Crippen molar-refractivity contribution in [3.8, 4) is 6.07 Å². The number of β-amino-alcohol motifs (C(OH)–C–C–N with tert-alkyl or cyclic N) is 1. The topological polar surface area (TPSA) is 131 Å². The third-order valence-corrected chi connectivity index (χ3v) is 5.92. The maximum absolute atomic E-state index is 15.2. The number of nitrogens with one attached hydrogen (secondary N) is 1. The number of benzene rings is 1. The van der Waals surface area contributed by atoms with Gasteiger partial charge in [-0.2, -0.15) is 5.26 Å². The minimum atomic E-state index is -0.869. The van der Waals surface area contributed by atoms with Crippen molar-refractivity contribution in [2.45, 2.75) is 19.1 Å². The van der Waals surface area contributed by atoms with Gasteiger partial charge in [0.25, 0.3) is 0 Å². The zero-order valence-corrected chi connectivity index (χ0v) is 18.4. The fraction of sp³-hybridized carbons (Fsp3) is 0.409. The summed E-state index contributed by atoms with van der Waals surface area (Å²) in [7, 11) is 7.58. The number of piperidine rings is 1. The number of hydrogen-bond donors (Lipinski definition) is 3. The van der Waals surface area contributed by atoms with Gasteiger partial charge in [-0.15, -0.1) is 0 Å². The Hall–Kier alpha value is -3.36. The predicted octanol–water partition coefficient (Wildman–Crippen LogP) is 0.0447. The summed E-state index contributed by atoms with van der Waals surface area (Å²) in [6.45, 7) is 1.33. The van der Waals surface area contributed by atoms with Gasteiger partial charge in [-0.05, 0) is 0 Å². The molecule has 1 aliphatic rings. The number of aliphatic hydroxyl groups excluding tert-OH is 1. The molecule has 1 aliphatic heterocycles. The Labute approximate surface area is 193 Å². The second-order valence-electron chi connectivity index (χ2n) is 8.25. The van der Waals surface area contributed by atoms with E-state index in [0.717, 1.165) is 5.56 Å². The summed E-state index contributed by atoms with van der Waals surface area (Å²) in [5.74, 6) is 0.439. The molecule has 0 saturated carbocycles. The molecule has 1 aromatic carbocycles. The van der Waals surface area contributed by atoms with Crippen LogP contribution in [-0.4, -0.2) is 78.7 Å². The number of primary amides is 1. The SMILES string of the molecule is [B]=C[C@]1(CNc2ncnc(N(C)Cc3ccc(C#N)cc3)c2F)CCN(CC(N)=O)C[C@H]1O. The molecule has 1 radical (unpaired) electrons. The monoisotopic (exact) mass is 450 g/mol. The molecule has 0 unspecified atom stereocenters. The normalized spacial score (nSPS) is 20.6. The molecule has 33 heavy (non-hydrogen) atoms. The molecule has 2 aromatic rings. The number of hydrogen-bond acceptors (Lipinski definition) is 8. The van der Waals surface area contributed by atoms with E-state index in [4.69, 9.17) is 18.5 Å². The van der Waals surface area contributed by atoms with Crippen LogP contribution in [0.3, 0.4) is 0 Å². The number of likely N-dealkylation sites (tertiary alicyclic amines) is 1. The van der Waals surface area contributed by atoms with Crippen LogP contribution in [-0.2, 0) is 11.3 Å². The first-order valence-electron chi connectivity index (χ1n) is 10.5. The molecule has 1 amide bonds. The summed E-state index contributed by atoms with van der Waals surface area (Å²) < 4.78 is 15.2. The molecule has 0 spiro atoms. The Kier molecular flexibility index (Phi) is 7.73. The molecule has 2 heterocycles. The van der Waals surface area contributed by atoms with Crippen LogP contribution in [0.1, 0.15) is 17.5 Å². The van der Waals surface area contributed by atoms with Gasteiger partial charge in [0.05, 0.1) is 11.6 Å². The number of nitrogens with zero attached hydrogens (tertiary/aromatic N) is 5. The van der Waals surface area contributed by atoms with E-state index < -0.39 is 23.2 Å². The van der Waals surface area contributed by atoms with Crippen molar-refractivity contribution in [1.29, 1.82) is 5.26 Å². The number of amides is 1. The van der Waals surface area contributed by atoms with Crippen LogP contribution in [0, 0.1) is 22.6 Å². The van der Waals surface area contributed by atoms with Gasteiger partial charge < -0.3 is 0 Å². The first-order chi connectivity index (χ1) is 15.8. The second-order valence-corrected chi connectivity index (χ2v) is 8.25. The molecule has 1 saturated heterocycles. The summed E-state index contributed by atoms with van der Waals surface area (Å²) in [6, 6.07) is 9.08. The number of aliphatic hydroxyl groups is 1. The first kappa shape index (κ1) is 24.3. The molecule has 4 N–H and O–H groups in total. The van der Waals surface area contributed by atoms with Crippen LogP contribution >= 0.6 is 0 Å². The van der Waals surface area contributed by atoms with Crippen LogP contribution in [0.5, 0.6) is 0 Å². The number of anilines is 2. The second kappa shape index (κ2) is 10.5. The summed E-state index contributed by atoms with van der Waals surface area (Å²) in [6.07, 6.45) is 0.857. The molecular weight excluding hydrogens is 424 g/mol. The van der Waals surface area contributed by atoms with E-state index in [-0.39, 0.29) is 31.3 Å². The van der Waals surface area contributed by atoms with Crippen LogP contribution < -0.4 is 16.0 Å². The van der Waals surface area contributed by atoms with Gasteiger partial charge in [0.15, 0.2) is 0 Å². The van der Waals surface area contributed by atoms with Gasteiger partial charge in [0, 0.05) is 0 Å². The van der Waals surface area contributed by atoms with Gasteiger partial charge in [-0.25, -0.2) is 0 Å². The average molecular weight is 450 g/mol. The molecule has 1 aromatic heterocycles. The molecule has 2 atom stereocenters. The van der Waals surface area contributed by atoms with Crippen molar-refractivity contribution in [1.82, 2.24) is 14.9 Å². The Morgan fingerprint density at radius 3 is 2.82 bits per heavy atom. The van der Waals surface area contributed by atoms with E-state index >= 15 is 4.39 Å².